The molecular formula is C30H60. The maximum Gasteiger partial charge on any atom is -0.0353 e. The van der Waals surface area contributed by atoms with E-state index in [2.05, 4.69) is 85.6 Å². The van der Waals surface area contributed by atoms with Crippen molar-refractivity contribution in [1.29, 1.82) is 0 Å². The summed E-state index contributed by atoms with van der Waals surface area (Å²) in [7, 11) is 0. The van der Waals surface area contributed by atoms with Crippen molar-refractivity contribution in [3.8, 4) is 0 Å². The molecule has 0 nitrogen and oxygen atoms in total. The topological polar surface area (TPSA) is 0 Å². The average Bonchev–Trinajstić information content (AvgIpc) is 2.79. The molecule has 0 radical (unpaired) electrons. The number of unbranched alkanes of at least 4 members (excludes halogenated alkanes) is 4. The van der Waals surface area contributed by atoms with Gasteiger partial charge in [0.05, 0.1) is 0 Å². The average molecular weight is 421 g/mol. The molecule has 0 rings (SSSR count). The maximum atomic E-state index is 3.60. The molecule has 0 N–H and O–H groups in total. The van der Waals surface area contributed by atoms with E-state index in [1.165, 1.54) is 38.5 Å². The largest absolute Gasteiger partial charge is 0.103 e. The molecule has 0 aliphatic carbocycles. The van der Waals surface area contributed by atoms with Crippen LogP contribution in [0.1, 0.15) is 120 Å². The van der Waals surface area contributed by atoms with E-state index >= 15 is 0 Å². The zero-order valence-electron chi connectivity index (χ0n) is 22.7. The van der Waals surface area contributed by atoms with Gasteiger partial charge < -0.3 is 0 Å². The highest BCUT2D eigenvalue weighted by Crippen LogP contribution is 1.91. The Kier molecular flexibility index (Phi) is 101. The van der Waals surface area contributed by atoms with Crippen LogP contribution in [0.5, 0.6) is 0 Å². The van der Waals surface area contributed by atoms with Gasteiger partial charge in [-0.2, -0.15) is 0 Å². The Morgan fingerprint density at radius 2 is 0.900 bits per heavy atom. The molecule has 30 heavy (non-hydrogen) atoms. The van der Waals surface area contributed by atoms with Gasteiger partial charge in [0.1, 0.15) is 0 Å². The summed E-state index contributed by atoms with van der Waals surface area (Å²) in [6.07, 6.45) is 29.1. The smallest absolute Gasteiger partial charge is 0.0353 e. The van der Waals surface area contributed by atoms with Gasteiger partial charge in [-0.05, 0) is 59.8 Å². The highest BCUT2D eigenvalue weighted by atomic mass is 13.8. The normalized spacial score (nSPS) is 8.70. The summed E-state index contributed by atoms with van der Waals surface area (Å²) in [6.45, 7) is 29.4. The van der Waals surface area contributed by atoms with Gasteiger partial charge in [0, 0.05) is 0 Å². The Balaban J connectivity index is -0.0000000580. The van der Waals surface area contributed by atoms with E-state index in [4.69, 9.17) is 0 Å². The first kappa shape index (κ1) is 42.5. The fraction of sp³-hybridized carbons (Fsp3) is 0.600. The molecule has 0 aromatic carbocycles. The molecule has 0 aliphatic heterocycles. The van der Waals surface area contributed by atoms with Gasteiger partial charge in [0.15, 0.2) is 0 Å². The molecule has 0 saturated carbocycles. The summed E-state index contributed by atoms with van der Waals surface area (Å²) in [6, 6.07) is 0. The van der Waals surface area contributed by atoms with Crippen LogP contribution in [0.25, 0.3) is 0 Å². The van der Waals surface area contributed by atoms with Crippen LogP contribution in [-0.2, 0) is 0 Å². The van der Waals surface area contributed by atoms with Crippen molar-refractivity contribution in [3.63, 3.8) is 0 Å². The Hall–Kier alpha value is -1.56. The van der Waals surface area contributed by atoms with Crippen molar-refractivity contribution >= 4 is 0 Å². The number of rotatable bonds is 9. The van der Waals surface area contributed by atoms with E-state index in [-0.39, 0.29) is 0 Å². The monoisotopic (exact) mass is 420 g/mol. The highest BCUT2D eigenvalue weighted by Gasteiger charge is 1.71. The molecule has 0 fully saturated rings. The number of allylic oxidation sites excluding steroid dienone is 9. The van der Waals surface area contributed by atoms with Crippen molar-refractivity contribution in [2.45, 2.75) is 120 Å². The van der Waals surface area contributed by atoms with E-state index in [0.29, 0.717) is 0 Å². The van der Waals surface area contributed by atoms with Gasteiger partial charge >= 0.3 is 0 Å². The fourth-order valence-electron chi connectivity index (χ4n) is 1.12. The Morgan fingerprint density at radius 3 is 0.967 bits per heavy atom. The molecule has 0 heteroatoms. The second-order valence-electron chi connectivity index (χ2n) is 6.21. The minimum absolute atomic E-state index is 1.08. The van der Waals surface area contributed by atoms with Gasteiger partial charge in [-0.15, -0.1) is 19.7 Å². The van der Waals surface area contributed by atoms with Crippen molar-refractivity contribution in [1.82, 2.24) is 0 Å². The Labute approximate surface area is 194 Å². The zero-order chi connectivity index (χ0) is 24.7. The van der Waals surface area contributed by atoms with Crippen LogP contribution in [0, 0.1) is 0 Å². The second-order valence-corrected chi connectivity index (χ2v) is 6.21. The van der Waals surface area contributed by atoms with Crippen LogP contribution in [0.2, 0.25) is 0 Å². The molecule has 0 aromatic heterocycles. The molecule has 0 heterocycles. The standard InChI is InChI=1S/2C6H12.2C5H10.2C4H8/c2*1-3-5-6-4-2;2*1-3-5-4-2;2*1-3-4-2/h3,5H,4,6H2,1-2H3;3H,1,4-6H2,2H3;3,5H,4H2,1-2H3;3H,1,4-5H2,2H3;3-4H,1-2H3;3H,1,4H2,2H3. The predicted molar refractivity (Wildman–Crippen MR) is 151 cm³/mol. The summed E-state index contributed by atoms with van der Waals surface area (Å²) in [5.41, 5.74) is 0. The van der Waals surface area contributed by atoms with E-state index in [9.17, 15) is 0 Å². The van der Waals surface area contributed by atoms with Gasteiger partial charge in [0.25, 0.3) is 0 Å². The maximum absolute atomic E-state index is 3.60. The van der Waals surface area contributed by atoms with Crippen molar-refractivity contribution in [2.75, 3.05) is 0 Å². The third kappa shape index (κ3) is 157. The zero-order valence-corrected chi connectivity index (χ0v) is 22.7. The fourth-order valence-corrected chi connectivity index (χ4v) is 1.12. The van der Waals surface area contributed by atoms with Crippen LogP contribution in [0.4, 0.5) is 0 Å². The third-order valence-electron chi connectivity index (χ3n) is 3.04. The molecule has 0 bridgehead atoms. The lowest BCUT2D eigenvalue weighted by Crippen LogP contribution is -1.61. The van der Waals surface area contributed by atoms with Crippen molar-refractivity contribution in [3.05, 3.63) is 74.4 Å². The van der Waals surface area contributed by atoms with Crippen LogP contribution >= 0.6 is 0 Å². The predicted octanol–water partition coefficient (Wildman–Crippen LogP) is 11.8. The molecule has 0 aromatic rings. The second kappa shape index (κ2) is 71.0. The summed E-state index contributed by atoms with van der Waals surface area (Å²) in [5.74, 6) is 0. The Morgan fingerprint density at radius 1 is 0.467 bits per heavy atom. The molecule has 0 atom stereocenters. The van der Waals surface area contributed by atoms with Crippen molar-refractivity contribution in [2.24, 2.45) is 0 Å². The molecular weight excluding hydrogens is 360 g/mol. The molecule has 0 amide bonds. The first-order chi connectivity index (χ1) is 14.5. The van der Waals surface area contributed by atoms with Gasteiger partial charge in [0.2, 0.25) is 0 Å². The van der Waals surface area contributed by atoms with E-state index in [0.717, 1.165) is 19.3 Å². The quantitative estimate of drug-likeness (QED) is 0.257. The van der Waals surface area contributed by atoms with Crippen LogP contribution in [0.3, 0.4) is 0 Å². The summed E-state index contributed by atoms with van der Waals surface area (Å²) >= 11 is 0. The van der Waals surface area contributed by atoms with E-state index in [1.807, 2.05) is 51.2 Å². The van der Waals surface area contributed by atoms with Crippen LogP contribution < -0.4 is 0 Å². The van der Waals surface area contributed by atoms with Crippen molar-refractivity contribution < 1.29 is 0 Å². The number of hydrogen-bond acceptors (Lipinski definition) is 0. The summed E-state index contributed by atoms with van der Waals surface area (Å²) in [4.78, 5) is 0. The lowest BCUT2D eigenvalue weighted by Gasteiger charge is -1.81. The number of hydrogen-bond donors (Lipinski definition) is 0. The van der Waals surface area contributed by atoms with Gasteiger partial charge in [-0.25, -0.2) is 0 Å². The lowest BCUT2D eigenvalue weighted by molar-refractivity contribution is 0.816. The van der Waals surface area contributed by atoms with Crippen LogP contribution in [-0.4, -0.2) is 0 Å². The SMILES string of the molecule is C=CCC.C=CCCC.C=CCCCC.CC=CC.CC=CCC.CC=CCCC. The Bertz CT molecular complexity index is 311. The highest BCUT2D eigenvalue weighted by molar-refractivity contribution is 4.75. The molecule has 0 spiro atoms. The lowest BCUT2D eigenvalue weighted by atomic mass is 10.3. The van der Waals surface area contributed by atoms with E-state index in [1.54, 1.807) is 0 Å². The third-order valence-corrected chi connectivity index (χ3v) is 3.04. The molecule has 0 unspecified atom stereocenters. The minimum Gasteiger partial charge on any atom is -0.103 e. The van der Waals surface area contributed by atoms with Crippen LogP contribution in [0.15, 0.2) is 74.4 Å². The molecule has 180 valence electrons. The summed E-state index contributed by atoms with van der Waals surface area (Å²) < 4.78 is 0. The molecule has 0 aliphatic rings. The van der Waals surface area contributed by atoms with Gasteiger partial charge in [-0.3, -0.25) is 0 Å². The summed E-state index contributed by atoms with van der Waals surface area (Å²) in [5, 5.41) is 0. The van der Waals surface area contributed by atoms with E-state index < -0.39 is 0 Å². The first-order valence-corrected chi connectivity index (χ1v) is 12.1. The minimum atomic E-state index is 1.08. The van der Waals surface area contributed by atoms with Gasteiger partial charge in [-0.1, -0.05) is 115 Å². The first-order valence-electron chi connectivity index (χ1n) is 12.1. The molecule has 0 saturated heterocycles.